The molecule has 0 aliphatic heterocycles. The summed E-state index contributed by atoms with van der Waals surface area (Å²) in [7, 11) is 0. The lowest BCUT2D eigenvalue weighted by Crippen LogP contribution is -2.16. The van der Waals surface area contributed by atoms with Gasteiger partial charge >= 0.3 is 5.97 Å². The zero-order valence-corrected chi connectivity index (χ0v) is 12.7. The molecular weight excluding hydrogens is 292 g/mol. The van der Waals surface area contributed by atoms with Gasteiger partial charge in [0.15, 0.2) is 0 Å². The van der Waals surface area contributed by atoms with Gasteiger partial charge in [-0.2, -0.15) is 5.10 Å². The molecule has 0 atom stereocenters. The Kier molecular flexibility index (Phi) is 4.19. The number of para-hydroxylation sites is 1. The summed E-state index contributed by atoms with van der Waals surface area (Å²) in [5.74, 6) is 0.191. The molecule has 0 radical (unpaired) electrons. The van der Waals surface area contributed by atoms with Crippen LogP contribution in [-0.4, -0.2) is 15.7 Å². The highest BCUT2D eigenvalue weighted by molar-refractivity contribution is 5.78. The number of nitrogens with zero attached hydrogens (tertiary/aromatic N) is 2. The van der Waals surface area contributed by atoms with E-state index in [0.717, 1.165) is 5.56 Å². The van der Waals surface area contributed by atoms with Crippen LogP contribution in [0.3, 0.4) is 0 Å². The molecule has 0 bridgehead atoms. The molecule has 0 unspecified atom stereocenters. The minimum absolute atomic E-state index is 0.126. The van der Waals surface area contributed by atoms with E-state index in [9.17, 15) is 9.59 Å². The molecule has 0 aliphatic carbocycles. The van der Waals surface area contributed by atoms with Crippen molar-refractivity contribution in [1.29, 1.82) is 0 Å². The molecule has 0 aliphatic rings. The number of ether oxygens (including phenoxy) is 1. The van der Waals surface area contributed by atoms with Gasteiger partial charge in [0.25, 0.3) is 0 Å². The van der Waals surface area contributed by atoms with Gasteiger partial charge in [0.1, 0.15) is 5.75 Å². The molecule has 1 aromatic heterocycles. The lowest BCUT2D eigenvalue weighted by Gasteiger charge is -2.09. The fraction of sp³-hybridized carbons (Fsp3) is 0.167. The van der Waals surface area contributed by atoms with Crippen molar-refractivity contribution in [2.75, 3.05) is 0 Å². The van der Waals surface area contributed by atoms with Crippen LogP contribution in [0.1, 0.15) is 12.0 Å². The fourth-order valence-electron chi connectivity index (χ4n) is 2.33. The third kappa shape index (κ3) is 3.45. The van der Waals surface area contributed by atoms with Crippen LogP contribution in [0.2, 0.25) is 0 Å². The Morgan fingerprint density at radius 2 is 1.87 bits per heavy atom. The summed E-state index contributed by atoms with van der Waals surface area (Å²) in [5.41, 5.74) is 1.69. The number of hydrogen-bond donors (Lipinski definition) is 0. The summed E-state index contributed by atoms with van der Waals surface area (Å²) in [4.78, 5) is 23.7. The number of hydrogen-bond acceptors (Lipinski definition) is 4. The predicted octanol–water partition coefficient (Wildman–Crippen LogP) is 2.70. The molecule has 23 heavy (non-hydrogen) atoms. The lowest BCUT2D eigenvalue weighted by atomic mass is 10.2. The Hall–Kier alpha value is -2.95. The second kappa shape index (κ2) is 6.44. The second-order valence-electron chi connectivity index (χ2n) is 5.29. The van der Waals surface area contributed by atoms with Gasteiger partial charge < -0.3 is 4.74 Å². The van der Waals surface area contributed by atoms with Gasteiger partial charge in [-0.3, -0.25) is 14.3 Å². The van der Waals surface area contributed by atoms with E-state index >= 15 is 0 Å². The van der Waals surface area contributed by atoms with E-state index in [1.165, 1.54) is 6.20 Å². The quantitative estimate of drug-likeness (QED) is 0.549. The van der Waals surface area contributed by atoms with E-state index < -0.39 is 0 Å². The molecule has 0 spiro atoms. The van der Waals surface area contributed by atoms with Crippen molar-refractivity contribution in [2.24, 2.45) is 0 Å². The van der Waals surface area contributed by atoms with Gasteiger partial charge in [0.05, 0.1) is 24.7 Å². The molecule has 5 nitrogen and oxygen atoms in total. The minimum Gasteiger partial charge on any atom is -0.426 e. The Bertz CT molecular complexity index is 898. The van der Waals surface area contributed by atoms with E-state index in [2.05, 4.69) is 5.10 Å². The molecule has 5 heteroatoms. The van der Waals surface area contributed by atoms with Crippen LogP contribution >= 0.6 is 0 Å². The SMILES string of the molecule is Cc1ccc(OC(=O)CCn2ncc(=O)c3ccccc32)cc1. The highest BCUT2D eigenvalue weighted by Crippen LogP contribution is 2.13. The van der Waals surface area contributed by atoms with Crippen LogP contribution in [0.25, 0.3) is 10.9 Å². The Morgan fingerprint density at radius 1 is 1.13 bits per heavy atom. The maximum Gasteiger partial charge on any atom is 0.313 e. The van der Waals surface area contributed by atoms with Crippen molar-refractivity contribution in [3.63, 3.8) is 0 Å². The topological polar surface area (TPSA) is 61.2 Å². The van der Waals surface area contributed by atoms with Gasteiger partial charge in [-0.1, -0.05) is 29.8 Å². The molecule has 116 valence electrons. The standard InChI is InChI=1S/C18H16N2O3/c1-13-6-8-14(9-7-13)23-18(22)10-11-20-16-5-3-2-4-15(16)17(21)12-19-20/h2-9,12H,10-11H2,1H3. The van der Waals surface area contributed by atoms with Gasteiger partial charge in [-0.05, 0) is 31.2 Å². The number of benzene rings is 2. The van der Waals surface area contributed by atoms with Gasteiger partial charge in [-0.25, -0.2) is 0 Å². The second-order valence-corrected chi connectivity index (χ2v) is 5.29. The molecular formula is C18H16N2O3. The first kappa shape index (κ1) is 15.0. The molecule has 0 N–H and O–H groups in total. The zero-order valence-electron chi connectivity index (χ0n) is 12.7. The van der Waals surface area contributed by atoms with Crippen molar-refractivity contribution in [2.45, 2.75) is 19.9 Å². The van der Waals surface area contributed by atoms with Crippen LogP contribution in [0.5, 0.6) is 5.75 Å². The van der Waals surface area contributed by atoms with Crippen LogP contribution in [0.15, 0.2) is 59.5 Å². The summed E-state index contributed by atoms with van der Waals surface area (Å²) in [6.45, 7) is 2.32. The van der Waals surface area contributed by atoms with E-state index in [0.29, 0.717) is 23.2 Å². The third-order valence-electron chi connectivity index (χ3n) is 3.54. The van der Waals surface area contributed by atoms with Crippen molar-refractivity contribution < 1.29 is 9.53 Å². The largest absolute Gasteiger partial charge is 0.426 e. The molecule has 3 rings (SSSR count). The number of aryl methyl sites for hydroxylation is 2. The average molecular weight is 308 g/mol. The molecule has 3 aromatic rings. The first-order valence-corrected chi connectivity index (χ1v) is 7.36. The smallest absolute Gasteiger partial charge is 0.313 e. The minimum atomic E-state index is -0.335. The van der Waals surface area contributed by atoms with Gasteiger partial charge in [0.2, 0.25) is 5.43 Å². The van der Waals surface area contributed by atoms with Crippen molar-refractivity contribution >= 4 is 16.9 Å². The number of carbonyl (C=O) groups is 1. The first-order chi connectivity index (χ1) is 11.1. The van der Waals surface area contributed by atoms with Crippen LogP contribution in [-0.2, 0) is 11.3 Å². The Balaban J connectivity index is 1.71. The molecule has 0 saturated heterocycles. The van der Waals surface area contributed by atoms with Crippen LogP contribution < -0.4 is 10.2 Å². The number of carbonyl (C=O) groups excluding carboxylic acids is 1. The monoisotopic (exact) mass is 308 g/mol. The maximum absolute atomic E-state index is 11.9. The fourth-order valence-corrected chi connectivity index (χ4v) is 2.33. The predicted molar refractivity (Wildman–Crippen MR) is 87.4 cm³/mol. The third-order valence-corrected chi connectivity index (χ3v) is 3.54. The van der Waals surface area contributed by atoms with Crippen LogP contribution in [0.4, 0.5) is 0 Å². The van der Waals surface area contributed by atoms with E-state index in [4.69, 9.17) is 4.74 Å². The highest BCUT2D eigenvalue weighted by Gasteiger charge is 2.08. The summed E-state index contributed by atoms with van der Waals surface area (Å²) in [5, 5.41) is 4.69. The number of rotatable bonds is 4. The zero-order chi connectivity index (χ0) is 16.2. The van der Waals surface area contributed by atoms with E-state index in [1.807, 2.05) is 31.2 Å². The van der Waals surface area contributed by atoms with E-state index in [-0.39, 0.29) is 17.8 Å². The average Bonchev–Trinajstić information content (AvgIpc) is 2.57. The molecule has 1 heterocycles. The van der Waals surface area contributed by atoms with Crippen molar-refractivity contribution in [3.05, 3.63) is 70.5 Å². The van der Waals surface area contributed by atoms with Gasteiger partial charge in [-0.15, -0.1) is 0 Å². The summed E-state index contributed by atoms with van der Waals surface area (Å²) in [6, 6.07) is 14.5. The van der Waals surface area contributed by atoms with E-state index in [1.54, 1.807) is 28.9 Å². The Labute approximate surface area is 133 Å². The van der Waals surface area contributed by atoms with Gasteiger partial charge in [0, 0.05) is 5.39 Å². The molecule has 2 aromatic carbocycles. The maximum atomic E-state index is 11.9. The Morgan fingerprint density at radius 3 is 2.65 bits per heavy atom. The molecule has 0 fully saturated rings. The van der Waals surface area contributed by atoms with Crippen molar-refractivity contribution in [3.8, 4) is 5.75 Å². The first-order valence-electron chi connectivity index (χ1n) is 7.36. The number of fused-ring (bicyclic) bond motifs is 1. The lowest BCUT2D eigenvalue weighted by molar-refractivity contribution is -0.134. The number of aromatic nitrogens is 2. The number of esters is 1. The normalized spacial score (nSPS) is 10.7. The summed E-state index contributed by atoms with van der Waals surface area (Å²) >= 11 is 0. The molecule has 0 amide bonds. The van der Waals surface area contributed by atoms with Crippen molar-refractivity contribution in [1.82, 2.24) is 9.78 Å². The molecule has 0 saturated carbocycles. The summed E-state index contributed by atoms with van der Waals surface area (Å²) in [6.07, 6.45) is 1.45. The van der Waals surface area contributed by atoms with Crippen LogP contribution in [0, 0.1) is 6.92 Å². The highest BCUT2D eigenvalue weighted by atomic mass is 16.5. The summed E-state index contributed by atoms with van der Waals surface area (Å²) < 4.78 is 6.93.